The molecule has 0 fully saturated rings. The van der Waals surface area contributed by atoms with Crippen LogP contribution in [0.1, 0.15) is 31.7 Å². The number of aliphatic carboxylic acids is 3. The van der Waals surface area contributed by atoms with E-state index < -0.39 is 84.6 Å². The zero-order valence-corrected chi connectivity index (χ0v) is 24.8. The Hall–Kier alpha value is -4.64. The first-order valence-electron chi connectivity index (χ1n) is 13.4. The molecule has 0 aliphatic carbocycles. The molecule has 0 aliphatic rings. The normalized spacial score (nSPS) is 14.3. The van der Waals surface area contributed by atoms with Gasteiger partial charge in [-0.2, -0.15) is 11.8 Å². The highest BCUT2D eigenvalue weighted by molar-refractivity contribution is 7.98. The van der Waals surface area contributed by atoms with Crippen molar-refractivity contribution in [1.29, 1.82) is 0 Å². The molecule has 0 saturated heterocycles. The zero-order valence-electron chi connectivity index (χ0n) is 24.0. The first-order valence-corrected chi connectivity index (χ1v) is 14.8. The van der Waals surface area contributed by atoms with Gasteiger partial charge in [0.25, 0.3) is 0 Å². The highest BCUT2D eigenvalue weighted by atomic mass is 32.2. The van der Waals surface area contributed by atoms with E-state index in [1.807, 2.05) is 6.07 Å². The van der Waals surface area contributed by atoms with Crippen LogP contribution in [-0.4, -0.2) is 104 Å². The van der Waals surface area contributed by atoms with Gasteiger partial charge in [-0.25, -0.2) is 4.79 Å². The first-order chi connectivity index (χ1) is 20.7. The zero-order chi connectivity index (χ0) is 33.0. The molecule has 2 rings (SSSR count). The Morgan fingerprint density at radius 2 is 1.41 bits per heavy atom. The van der Waals surface area contributed by atoms with Crippen molar-refractivity contribution in [2.45, 2.75) is 62.8 Å². The van der Waals surface area contributed by atoms with E-state index in [0.717, 1.165) is 10.9 Å². The Bertz CT molecular complexity index is 1380. The second kappa shape index (κ2) is 16.9. The molecule has 2 aromatic rings. The van der Waals surface area contributed by atoms with Gasteiger partial charge in [0.1, 0.15) is 24.2 Å². The molecule has 0 saturated carbocycles. The van der Waals surface area contributed by atoms with Crippen molar-refractivity contribution in [1.82, 2.24) is 26.3 Å². The summed E-state index contributed by atoms with van der Waals surface area (Å²) >= 11 is 1.35. The average Bonchev–Trinajstić information content (AvgIpc) is 3.36. The summed E-state index contributed by atoms with van der Waals surface area (Å²) in [6, 6.07) is 0.223. The fourth-order valence-corrected chi connectivity index (χ4v) is 4.59. The number of thioether (sulfide) groups is 1. The molecular weight excluding hydrogens is 600 g/mol. The van der Waals surface area contributed by atoms with Gasteiger partial charge < -0.3 is 47.3 Å². The first kappa shape index (κ1) is 35.6. The van der Waals surface area contributed by atoms with Gasteiger partial charge in [-0.05, 0) is 37.0 Å². The van der Waals surface area contributed by atoms with Gasteiger partial charge in [0.2, 0.25) is 23.6 Å². The van der Waals surface area contributed by atoms with Crippen molar-refractivity contribution >= 4 is 64.2 Å². The van der Waals surface area contributed by atoms with Crippen LogP contribution in [0.25, 0.3) is 10.9 Å². The number of carboxylic acid groups (broad SMARTS) is 3. The number of benzene rings is 1. The maximum atomic E-state index is 13.6. The number of H-pyrrole nitrogens is 1. The van der Waals surface area contributed by atoms with Crippen LogP contribution >= 0.6 is 11.8 Å². The average molecular weight is 637 g/mol. The SMILES string of the molecule is CSCC[C@H](NC(=O)[C@H](Cc1c[nH]c2ccccc12)NC(=O)[C@H](C)NC(=O)[C@@H](N)CC(=O)O)C(=O)N[C@@H](CC(=O)O)C(=O)O. The van der Waals surface area contributed by atoms with E-state index in [1.54, 1.807) is 30.7 Å². The van der Waals surface area contributed by atoms with Crippen LogP contribution in [0.5, 0.6) is 0 Å². The summed E-state index contributed by atoms with van der Waals surface area (Å²) in [7, 11) is 0. The van der Waals surface area contributed by atoms with E-state index >= 15 is 0 Å². The molecule has 17 heteroatoms. The molecule has 1 aromatic heterocycles. The minimum atomic E-state index is -1.74. The number of carboxylic acids is 3. The third-order valence-corrected chi connectivity index (χ3v) is 7.10. The number of nitrogens with two attached hydrogens (primary N) is 1. The van der Waals surface area contributed by atoms with Crippen LogP contribution in [-0.2, 0) is 40.0 Å². The van der Waals surface area contributed by atoms with E-state index in [0.29, 0.717) is 11.3 Å². The number of carbonyl (C=O) groups is 7. The largest absolute Gasteiger partial charge is 0.481 e. The summed E-state index contributed by atoms with van der Waals surface area (Å²) in [4.78, 5) is 88.4. The third kappa shape index (κ3) is 10.9. The predicted octanol–water partition coefficient (Wildman–Crippen LogP) is -1.22. The molecule has 44 heavy (non-hydrogen) atoms. The van der Waals surface area contributed by atoms with Crippen LogP contribution in [0.2, 0.25) is 0 Å². The quantitative estimate of drug-likeness (QED) is 0.0932. The summed E-state index contributed by atoms with van der Waals surface area (Å²) in [5, 5.41) is 37.5. The minimum absolute atomic E-state index is 0.0554. The van der Waals surface area contributed by atoms with E-state index in [4.69, 9.17) is 15.9 Å². The van der Waals surface area contributed by atoms with Crippen molar-refractivity contribution in [3.63, 3.8) is 0 Å². The van der Waals surface area contributed by atoms with Crippen molar-refractivity contribution in [2.24, 2.45) is 5.73 Å². The number of amides is 4. The van der Waals surface area contributed by atoms with E-state index in [-0.39, 0.29) is 12.8 Å². The number of hydrogen-bond acceptors (Lipinski definition) is 9. The third-order valence-electron chi connectivity index (χ3n) is 6.45. The minimum Gasteiger partial charge on any atom is -0.481 e. The second-order valence-electron chi connectivity index (χ2n) is 9.90. The molecule has 5 atom stereocenters. The highest BCUT2D eigenvalue weighted by Gasteiger charge is 2.32. The molecule has 0 radical (unpaired) electrons. The van der Waals surface area contributed by atoms with Crippen LogP contribution in [0.15, 0.2) is 30.5 Å². The molecule has 4 amide bonds. The van der Waals surface area contributed by atoms with Gasteiger partial charge >= 0.3 is 17.9 Å². The summed E-state index contributed by atoms with van der Waals surface area (Å²) in [6.45, 7) is 1.31. The van der Waals surface area contributed by atoms with Gasteiger partial charge in [-0.3, -0.25) is 28.8 Å². The van der Waals surface area contributed by atoms with Gasteiger partial charge in [-0.1, -0.05) is 18.2 Å². The van der Waals surface area contributed by atoms with Gasteiger partial charge in [-0.15, -0.1) is 0 Å². The molecule has 16 nitrogen and oxygen atoms in total. The van der Waals surface area contributed by atoms with E-state index in [1.165, 1.54) is 18.7 Å². The fourth-order valence-electron chi connectivity index (χ4n) is 4.12. The van der Waals surface area contributed by atoms with Crippen LogP contribution in [0.4, 0.5) is 0 Å². The maximum Gasteiger partial charge on any atom is 0.326 e. The number of hydrogen-bond donors (Lipinski definition) is 9. The molecule has 240 valence electrons. The van der Waals surface area contributed by atoms with E-state index in [9.17, 15) is 38.7 Å². The van der Waals surface area contributed by atoms with Gasteiger partial charge in [0.05, 0.1) is 18.9 Å². The summed E-state index contributed by atoms with van der Waals surface area (Å²) < 4.78 is 0. The van der Waals surface area contributed by atoms with Crippen LogP contribution < -0.4 is 27.0 Å². The van der Waals surface area contributed by atoms with Crippen molar-refractivity contribution in [3.05, 3.63) is 36.0 Å². The Morgan fingerprint density at radius 3 is 2.02 bits per heavy atom. The summed E-state index contributed by atoms with van der Waals surface area (Å²) in [5.41, 5.74) is 6.96. The lowest BCUT2D eigenvalue weighted by Crippen LogP contribution is -2.58. The lowest BCUT2D eigenvalue weighted by molar-refractivity contribution is -0.147. The Balaban J connectivity index is 2.30. The number of rotatable bonds is 18. The number of carbonyl (C=O) groups excluding carboxylic acids is 4. The Kier molecular flexibility index (Phi) is 13.6. The standard InChI is InChI=1S/C27H36N6O10S/c1-13(30-24(39)16(28)10-21(34)35)23(38)32-19(9-14-12-29-17-6-4-3-5-15(14)17)26(41)31-18(7-8-44-2)25(40)33-20(27(42)43)11-22(36)37/h3-6,12-13,16,18-20,29H,7-11,28H2,1-2H3,(H,30,39)(H,31,41)(H,32,38)(H,33,40)(H,34,35)(H,36,37)(H,42,43)/t13-,16-,18-,19-,20-/m0/s1. The predicted molar refractivity (Wildman–Crippen MR) is 159 cm³/mol. The van der Waals surface area contributed by atoms with Crippen molar-refractivity contribution in [2.75, 3.05) is 12.0 Å². The molecule has 0 aliphatic heterocycles. The van der Waals surface area contributed by atoms with Gasteiger partial charge in [0, 0.05) is 23.5 Å². The molecule has 0 bridgehead atoms. The molecule has 1 heterocycles. The molecule has 0 unspecified atom stereocenters. The Morgan fingerprint density at radius 1 is 0.818 bits per heavy atom. The number of aromatic amines is 1. The van der Waals surface area contributed by atoms with Crippen LogP contribution in [0.3, 0.4) is 0 Å². The van der Waals surface area contributed by atoms with Crippen LogP contribution in [0, 0.1) is 0 Å². The van der Waals surface area contributed by atoms with E-state index in [2.05, 4.69) is 26.3 Å². The second-order valence-corrected chi connectivity index (χ2v) is 10.9. The van der Waals surface area contributed by atoms with Gasteiger partial charge in [0.15, 0.2) is 0 Å². The molecule has 0 spiro atoms. The number of para-hydroxylation sites is 1. The number of fused-ring (bicyclic) bond motifs is 1. The molecule has 1 aromatic carbocycles. The maximum absolute atomic E-state index is 13.6. The van der Waals surface area contributed by atoms with Crippen molar-refractivity contribution < 1.29 is 48.9 Å². The monoisotopic (exact) mass is 636 g/mol. The lowest BCUT2D eigenvalue weighted by atomic mass is 10.0. The number of aromatic nitrogens is 1. The summed E-state index contributed by atoms with van der Waals surface area (Å²) in [5.74, 6) is -7.39. The topological polar surface area (TPSA) is 270 Å². The molecule has 10 N–H and O–H groups in total. The highest BCUT2D eigenvalue weighted by Crippen LogP contribution is 2.19. The molecular formula is C27H36N6O10S. The lowest BCUT2D eigenvalue weighted by Gasteiger charge is -2.25. The number of nitrogens with one attached hydrogen (secondary N) is 5. The van der Waals surface area contributed by atoms with Crippen molar-refractivity contribution in [3.8, 4) is 0 Å². The fraction of sp³-hybridized carbons (Fsp3) is 0.444. The smallest absolute Gasteiger partial charge is 0.326 e. The Labute approximate surface area is 255 Å². The summed E-state index contributed by atoms with van der Waals surface area (Å²) in [6.07, 6.45) is 1.84.